The van der Waals surface area contributed by atoms with E-state index >= 15 is 0 Å². The van der Waals surface area contributed by atoms with E-state index in [2.05, 4.69) is 10.4 Å². The third-order valence-corrected chi connectivity index (χ3v) is 3.74. The molecule has 0 spiro atoms. The zero-order valence-corrected chi connectivity index (χ0v) is 13.8. The van der Waals surface area contributed by atoms with Crippen molar-refractivity contribution >= 4 is 23.5 Å². The zero-order chi connectivity index (χ0) is 17.1. The molecular formula is C16H18ClN3O3. The topological polar surface area (TPSA) is 84.2 Å². The second-order valence-electron chi connectivity index (χ2n) is 5.57. The van der Waals surface area contributed by atoms with Crippen LogP contribution in [-0.4, -0.2) is 32.8 Å². The standard InChI is InChI=1S/C16H18ClN3O3/c1-9(2)14(16(22)23)18-15(21)12-8-10(3)20(19-12)13-7-5-4-6-11(13)17/h4-9,14H,1-3H3,(H,18,21)(H,22,23)/t14-/m1/s1. The molecule has 6 nitrogen and oxygen atoms in total. The number of hydrogen-bond donors (Lipinski definition) is 2. The highest BCUT2D eigenvalue weighted by Crippen LogP contribution is 2.21. The number of aryl methyl sites for hydroxylation is 1. The number of rotatable bonds is 5. The SMILES string of the molecule is Cc1cc(C(=O)N[C@@H](C(=O)O)C(C)C)nn1-c1ccccc1Cl. The summed E-state index contributed by atoms with van der Waals surface area (Å²) in [6.07, 6.45) is 0. The van der Waals surface area contributed by atoms with Crippen molar-refractivity contribution in [3.05, 3.63) is 46.7 Å². The van der Waals surface area contributed by atoms with Crippen molar-refractivity contribution in [3.63, 3.8) is 0 Å². The molecule has 1 heterocycles. The fraction of sp³-hybridized carbons (Fsp3) is 0.312. The molecule has 1 amide bonds. The number of amides is 1. The van der Waals surface area contributed by atoms with Gasteiger partial charge < -0.3 is 10.4 Å². The lowest BCUT2D eigenvalue weighted by molar-refractivity contribution is -0.140. The number of nitrogens with zero attached hydrogens (tertiary/aromatic N) is 2. The van der Waals surface area contributed by atoms with Crippen LogP contribution in [0.25, 0.3) is 5.69 Å². The number of halogens is 1. The second-order valence-corrected chi connectivity index (χ2v) is 5.97. The van der Waals surface area contributed by atoms with E-state index in [0.717, 1.165) is 5.69 Å². The maximum atomic E-state index is 12.3. The Balaban J connectivity index is 2.29. The summed E-state index contributed by atoms with van der Waals surface area (Å²) in [6.45, 7) is 5.25. The van der Waals surface area contributed by atoms with Crippen LogP contribution in [0.4, 0.5) is 0 Å². The van der Waals surface area contributed by atoms with Crippen LogP contribution in [0.1, 0.15) is 30.0 Å². The molecule has 2 N–H and O–H groups in total. The van der Waals surface area contributed by atoms with Crippen LogP contribution in [0.2, 0.25) is 5.02 Å². The van der Waals surface area contributed by atoms with Gasteiger partial charge in [0, 0.05) is 5.69 Å². The number of aromatic nitrogens is 2. The van der Waals surface area contributed by atoms with Crippen molar-refractivity contribution < 1.29 is 14.7 Å². The highest BCUT2D eigenvalue weighted by Gasteiger charge is 2.25. The number of carbonyl (C=O) groups excluding carboxylic acids is 1. The molecule has 1 aromatic heterocycles. The van der Waals surface area contributed by atoms with Crippen molar-refractivity contribution in [3.8, 4) is 5.69 Å². The van der Waals surface area contributed by atoms with Gasteiger partial charge in [-0.2, -0.15) is 5.10 Å². The van der Waals surface area contributed by atoms with Crippen molar-refractivity contribution in [1.82, 2.24) is 15.1 Å². The van der Waals surface area contributed by atoms with E-state index in [4.69, 9.17) is 16.7 Å². The van der Waals surface area contributed by atoms with Gasteiger partial charge in [0.05, 0.1) is 10.7 Å². The van der Waals surface area contributed by atoms with Crippen LogP contribution in [0.15, 0.2) is 30.3 Å². The van der Waals surface area contributed by atoms with Gasteiger partial charge in [-0.1, -0.05) is 37.6 Å². The van der Waals surface area contributed by atoms with E-state index < -0.39 is 17.9 Å². The van der Waals surface area contributed by atoms with E-state index in [-0.39, 0.29) is 11.6 Å². The van der Waals surface area contributed by atoms with Crippen LogP contribution in [0.5, 0.6) is 0 Å². The lowest BCUT2D eigenvalue weighted by Crippen LogP contribution is -2.44. The third-order valence-electron chi connectivity index (χ3n) is 3.42. The number of carbonyl (C=O) groups is 2. The highest BCUT2D eigenvalue weighted by atomic mass is 35.5. The number of carboxylic acid groups (broad SMARTS) is 1. The van der Waals surface area contributed by atoms with Gasteiger partial charge in [-0.05, 0) is 31.0 Å². The summed E-state index contributed by atoms with van der Waals surface area (Å²) < 4.78 is 1.56. The predicted octanol–water partition coefficient (Wildman–Crippen LogP) is 2.67. The normalized spacial score (nSPS) is 12.2. The Hall–Kier alpha value is -2.34. The molecule has 0 saturated carbocycles. The number of para-hydroxylation sites is 1. The first-order chi connectivity index (χ1) is 10.8. The summed E-state index contributed by atoms with van der Waals surface area (Å²) in [6, 6.07) is 7.78. The summed E-state index contributed by atoms with van der Waals surface area (Å²) in [5.41, 5.74) is 1.53. The van der Waals surface area contributed by atoms with Crippen LogP contribution >= 0.6 is 11.6 Å². The minimum atomic E-state index is -1.07. The van der Waals surface area contributed by atoms with Crippen molar-refractivity contribution in [2.45, 2.75) is 26.8 Å². The minimum absolute atomic E-state index is 0.148. The number of aliphatic carboxylic acids is 1. The Labute approximate surface area is 139 Å². The molecule has 0 fully saturated rings. The first-order valence-corrected chi connectivity index (χ1v) is 7.54. The van der Waals surface area contributed by atoms with E-state index in [9.17, 15) is 9.59 Å². The van der Waals surface area contributed by atoms with E-state index in [1.54, 1.807) is 49.7 Å². The Morgan fingerprint density at radius 3 is 2.52 bits per heavy atom. The fourth-order valence-corrected chi connectivity index (χ4v) is 2.40. The number of benzene rings is 1. The summed E-state index contributed by atoms with van der Waals surface area (Å²) >= 11 is 6.15. The largest absolute Gasteiger partial charge is 0.480 e. The molecular weight excluding hydrogens is 318 g/mol. The van der Waals surface area contributed by atoms with E-state index in [1.807, 2.05) is 6.07 Å². The molecule has 0 saturated heterocycles. The van der Waals surface area contributed by atoms with Crippen molar-refractivity contribution in [2.24, 2.45) is 5.92 Å². The molecule has 1 atom stereocenters. The monoisotopic (exact) mass is 335 g/mol. The number of carboxylic acids is 1. The second kappa shape index (κ2) is 6.83. The molecule has 0 aliphatic carbocycles. The third kappa shape index (κ3) is 3.71. The van der Waals surface area contributed by atoms with Gasteiger partial charge in [0.25, 0.3) is 5.91 Å². The van der Waals surface area contributed by atoms with Crippen LogP contribution in [0.3, 0.4) is 0 Å². The van der Waals surface area contributed by atoms with E-state index in [0.29, 0.717) is 10.7 Å². The van der Waals surface area contributed by atoms with Crippen LogP contribution in [0, 0.1) is 12.8 Å². The highest BCUT2D eigenvalue weighted by molar-refractivity contribution is 6.32. The maximum absolute atomic E-state index is 12.3. The first-order valence-electron chi connectivity index (χ1n) is 7.16. The van der Waals surface area contributed by atoms with Gasteiger partial charge >= 0.3 is 5.97 Å². The molecule has 0 aliphatic rings. The maximum Gasteiger partial charge on any atom is 0.326 e. The minimum Gasteiger partial charge on any atom is -0.480 e. The molecule has 0 bridgehead atoms. The van der Waals surface area contributed by atoms with Crippen molar-refractivity contribution in [2.75, 3.05) is 0 Å². The fourth-order valence-electron chi connectivity index (χ4n) is 2.18. The van der Waals surface area contributed by atoms with Crippen molar-refractivity contribution in [1.29, 1.82) is 0 Å². The van der Waals surface area contributed by atoms with Gasteiger partial charge in [-0.15, -0.1) is 0 Å². The first kappa shape index (κ1) is 17.0. The van der Waals surface area contributed by atoms with Gasteiger partial charge in [0.2, 0.25) is 0 Å². The predicted molar refractivity (Wildman–Crippen MR) is 87.0 cm³/mol. The average molecular weight is 336 g/mol. The summed E-state index contributed by atoms with van der Waals surface area (Å²) in [5, 5.41) is 16.4. The molecule has 122 valence electrons. The molecule has 2 rings (SSSR count). The molecule has 1 aromatic carbocycles. The van der Waals surface area contributed by atoms with Crippen LogP contribution < -0.4 is 5.32 Å². The lowest BCUT2D eigenvalue weighted by Gasteiger charge is -2.16. The smallest absolute Gasteiger partial charge is 0.326 e. The van der Waals surface area contributed by atoms with Gasteiger partial charge in [0.15, 0.2) is 5.69 Å². The molecule has 0 unspecified atom stereocenters. The molecule has 0 radical (unpaired) electrons. The average Bonchev–Trinajstić information content (AvgIpc) is 2.86. The summed E-state index contributed by atoms with van der Waals surface area (Å²) in [7, 11) is 0. The Bertz CT molecular complexity index is 740. The molecule has 2 aromatic rings. The van der Waals surface area contributed by atoms with Gasteiger partial charge in [-0.25, -0.2) is 9.48 Å². The number of nitrogens with one attached hydrogen (secondary N) is 1. The molecule has 23 heavy (non-hydrogen) atoms. The Morgan fingerprint density at radius 2 is 1.96 bits per heavy atom. The quantitative estimate of drug-likeness (QED) is 0.879. The van der Waals surface area contributed by atoms with Crippen LogP contribution in [-0.2, 0) is 4.79 Å². The lowest BCUT2D eigenvalue weighted by atomic mass is 10.0. The summed E-state index contributed by atoms with van der Waals surface area (Å²) in [4.78, 5) is 23.5. The molecule has 7 heteroatoms. The molecule has 0 aliphatic heterocycles. The Kier molecular flexibility index (Phi) is 5.05. The number of hydrogen-bond acceptors (Lipinski definition) is 3. The van der Waals surface area contributed by atoms with E-state index in [1.165, 1.54) is 0 Å². The van der Waals surface area contributed by atoms with Gasteiger partial charge in [-0.3, -0.25) is 4.79 Å². The Morgan fingerprint density at radius 1 is 1.30 bits per heavy atom. The summed E-state index contributed by atoms with van der Waals surface area (Å²) in [5.74, 6) is -1.83. The zero-order valence-electron chi connectivity index (χ0n) is 13.1. The van der Waals surface area contributed by atoms with Gasteiger partial charge in [0.1, 0.15) is 6.04 Å².